The number of hydrogen-bond acceptors (Lipinski definition) is 2. The standard InChI is InChI=1S/C25H29Cl2FN2O2/c1-2-23(25(32)29-20-6-4-3-5-7-20)30(16-18-10-13-21(26)22(27)14-18)24(31)15-17-8-11-19(28)12-9-17/h8-14,20,23H,2-7,15-16H2,1H3,(H,29,32). The van der Waals surface area contributed by atoms with Crippen molar-refractivity contribution in [1.29, 1.82) is 0 Å². The Balaban J connectivity index is 1.82. The number of halogens is 3. The monoisotopic (exact) mass is 478 g/mol. The van der Waals surface area contributed by atoms with E-state index in [0.717, 1.165) is 31.2 Å². The number of carbonyl (C=O) groups excluding carboxylic acids is 2. The highest BCUT2D eigenvalue weighted by Gasteiger charge is 2.30. The first kappa shape index (κ1) is 24.5. The van der Waals surface area contributed by atoms with Crippen molar-refractivity contribution in [2.45, 2.75) is 70.5 Å². The summed E-state index contributed by atoms with van der Waals surface area (Å²) < 4.78 is 13.3. The molecule has 1 saturated carbocycles. The van der Waals surface area contributed by atoms with Crippen LogP contribution in [0.15, 0.2) is 42.5 Å². The van der Waals surface area contributed by atoms with Gasteiger partial charge in [0.2, 0.25) is 11.8 Å². The molecule has 0 spiro atoms. The van der Waals surface area contributed by atoms with Gasteiger partial charge in [-0.1, -0.05) is 67.6 Å². The lowest BCUT2D eigenvalue weighted by Gasteiger charge is -2.33. The Labute approximate surface area is 199 Å². The molecule has 1 fully saturated rings. The molecular formula is C25H29Cl2FN2O2. The highest BCUT2D eigenvalue weighted by molar-refractivity contribution is 6.42. The van der Waals surface area contributed by atoms with Gasteiger partial charge in [0.15, 0.2) is 0 Å². The molecule has 1 aliphatic rings. The van der Waals surface area contributed by atoms with Crippen molar-refractivity contribution in [2.75, 3.05) is 0 Å². The number of nitrogens with one attached hydrogen (secondary N) is 1. The minimum absolute atomic E-state index is 0.0782. The van der Waals surface area contributed by atoms with E-state index in [9.17, 15) is 14.0 Å². The number of carbonyl (C=O) groups is 2. The van der Waals surface area contributed by atoms with Crippen LogP contribution in [0.2, 0.25) is 10.0 Å². The summed E-state index contributed by atoms with van der Waals surface area (Å²) in [4.78, 5) is 28.1. The van der Waals surface area contributed by atoms with Crippen LogP contribution in [-0.2, 0) is 22.6 Å². The zero-order chi connectivity index (χ0) is 23.1. The molecule has 1 aliphatic carbocycles. The molecule has 1 N–H and O–H groups in total. The fourth-order valence-electron chi connectivity index (χ4n) is 4.18. The van der Waals surface area contributed by atoms with Crippen LogP contribution in [0, 0.1) is 5.82 Å². The highest BCUT2D eigenvalue weighted by atomic mass is 35.5. The molecule has 0 heterocycles. The second kappa shape index (κ2) is 11.7. The van der Waals surface area contributed by atoms with E-state index in [1.165, 1.54) is 18.6 Å². The van der Waals surface area contributed by atoms with Crippen molar-refractivity contribution in [1.82, 2.24) is 10.2 Å². The van der Waals surface area contributed by atoms with E-state index >= 15 is 0 Å². The summed E-state index contributed by atoms with van der Waals surface area (Å²) in [5, 5.41) is 3.98. The lowest BCUT2D eigenvalue weighted by atomic mass is 9.95. The number of amides is 2. The van der Waals surface area contributed by atoms with Crippen molar-refractivity contribution >= 4 is 35.0 Å². The molecule has 0 bridgehead atoms. The third kappa shape index (κ3) is 6.69. The average Bonchev–Trinajstić information content (AvgIpc) is 2.78. The molecule has 172 valence electrons. The second-order valence-corrected chi connectivity index (χ2v) is 9.16. The zero-order valence-corrected chi connectivity index (χ0v) is 19.8. The van der Waals surface area contributed by atoms with Crippen molar-refractivity contribution in [3.8, 4) is 0 Å². The summed E-state index contributed by atoms with van der Waals surface area (Å²) in [6.45, 7) is 2.13. The number of benzene rings is 2. The van der Waals surface area contributed by atoms with Crippen LogP contribution in [-0.4, -0.2) is 28.8 Å². The summed E-state index contributed by atoms with van der Waals surface area (Å²) in [7, 11) is 0. The van der Waals surface area contributed by atoms with Crippen LogP contribution in [0.3, 0.4) is 0 Å². The number of nitrogens with zero attached hydrogens (tertiary/aromatic N) is 1. The van der Waals surface area contributed by atoms with E-state index < -0.39 is 6.04 Å². The molecule has 2 amide bonds. The van der Waals surface area contributed by atoms with Crippen molar-refractivity contribution in [3.63, 3.8) is 0 Å². The van der Waals surface area contributed by atoms with Crippen LogP contribution in [0.4, 0.5) is 4.39 Å². The van der Waals surface area contributed by atoms with Crippen molar-refractivity contribution < 1.29 is 14.0 Å². The summed E-state index contributed by atoms with van der Waals surface area (Å²) in [6.07, 6.45) is 5.92. The molecular weight excluding hydrogens is 450 g/mol. The lowest BCUT2D eigenvalue weighted by Crippen LogP contribution is -2.51. The zero-order valence-electron chi connectivity index (χ0n) is 18.3. The second-order valence-electron chi connectivity index (χ2n) is 8.34. The molecule has 0 saturated heterocycles. The molecule has 7 heteroatoms. The Morgan fingerprint density at radius 3 is 2.31 bits per heavy atom. The first-order valence-electron chi connectivity index (χ1n) is 11.2. The van der Waals surface area contributed by atoms with Gasteiger partial charge in [0.25, 0.3) is 0 Å². The normalized spacial score (nSPS) is 15.2. The molecule has 1 atom stereocenters. The Hall–Kier alpha value is -2.11. The SMILES string of the molecule is CCC(C(=O)NC1CCCCC1)N(Cc1ccc(Cl)c(Cl)c1)C(=O)Cc1ccc(F)cc1. The average molecular weight is 479 g/mol. The van der Waals surface area contributed by atoms with Crippen LogP contribution < -0.4 is 5.32 Å². The molecule has 32 heavy (non-hydrogen) atoms. The summed E-state index contributed by atoms with van der Waals surface area (Å²) in [5.74, 6) is -0.688. The van der Waals surface area contributed by atoms with Gasteiger partial charge in [0.1, 0.15) is 11.9 Å². The van der Waals surface area contributed by atoms with Crippen molar-refractivity contribution in [2.24, 2.45) is 0 Å². The molecule has 2 aromatic carbocycles. The van der Waals surface area contributed by atoms with Gasteiger partial charge in [-0.2, -0.15) is 0 Å². The molecule has 0 aromatic heterocycles. The summed E-state index contributed by atoms with van der Waals surface area (Å²) >= 11 is 12.2. The molecule has 3 rings (SSSR count). The largest absolute Gasteiger partial charge is 0.352 e. The van der Waals surface area contributed by atoms with Crippen molar-refractivity contribution in [3.05, 3.63) is 69.5 Å². The van der Waals surface area contributed by atoms with Gasteiger partial charge in [0.05, 0.1) is 16.5 Å². The predicted octanol–water partition coefficient (Wildman–Crippen LogP) is 5.93. The van der Waals surface area contributed by atoms with Gasteiger partial charge in [-0.05, 0) is 54.7 Å². The molecule has 1 unspecified atom stereocenters. The summed E-state index contributed by atoms with van der Waals surface area (Å²) in [6, 6.07) is 10.6. The van der Waals surface area contributed by atoms with E-state index in [1.54, 1.807) is 35.2 Å². The maximum absolute atomic E-state index is 13.3. The first-order valence-corrected chi connectivity index (χ1v) is 11.9. The Bertz CT molecular complexity index is 930. The topological polar surface area (TPSA) is 49.4 Å². The van der Waals surface area contributed by atoms with E-state index in [-0.39, 0.29) is 36.6 Å². The highest BCUT2D eigenvalue weighted by Crippen LogP contribution is 2.25. The minimum atomic E-state index is -0.612. The van der Waals surface area contributed by atoms with Gasteiger partial charge in [-0.25, -0.2) is 4.39 Å². The van der Waals surface area contributed by atoms with E-state index in [1.807, 2.05) is 6.92 Å². The third-order valence-electron chi connectivity index (χ3n) is 5.94. The first-order chi connectivity index (χ1) is 15.4. The third-order valence-corrected chi connectivity index (χ3v) is 6.68. The molecule has 0 radical (unpaired) electrons. The number of rotatable bonds is 8. The van der Waals surface area contributed by atoms with E-state index in [4.69, 9.17) is 23.2 Å². The van der Waals surface area contributed by atoms with Gasteiger partial charge in [0, 0.05) is 12.6 Å². The van der Waals surface area contributed by atoms with Gasteiger partial charge in [-0.15, -0.1) is 0 Å². The Morgan fingerprint density at radius 1 is 1.03 bits per heavy atom. The quantitative estimate of drug-likeness (QED) is 0.510. The summed E-state index contributed by atoms with van der Waals surface area (Å²) in [5.41, 5.74) is 1.48. The smallest absolute Gasteiger partial charge is 0.243 e. The van der Waals surface area contributed by atoms with Gasteiger partial charge >= 0.3 is 0 Å². The fraction of sp³-hybridized carbons (Fsp3) is 0.440. The maximum Gasteiger partial charge on any atom is 0.243 e. The molecule has 2 aromatic rings. The Morgan fingerprint density at radius 2 is 1.69 bits per heavy atom. The molecule has 0 aliphatic heterocycles. The molecule has 4 nitrogen and oxygen atoms in total. The number of hydrogen-bond donors (Lipinski definition) is 1. The van der Waals surface area contributed by atoms with Crippen LogP contribution in [0.5, 0.6) is 0 Å². The van der Waals surface area contributed by atoms with Crippen LogP contribution >= 0.6 is 23.2 Å². The van der Waals surface area contributed by atoms with Crippen LogP contribution in [0.25, 0.3) is 0 Å². The predicted molar refractivity (Wildman–Crippen MR) is 126 cm³/mol. The lowest BCUT2D eigenvalue weighted by molar-refractivity contribution is -0.141. The van der Waals surface area contributed by atoms with Gasteiger partial charge in [-0.3, -0.25) is 9.59 Å². The maximum atomic E-state index is 13.3. The van der Waals surface area contributed by atoms with E-state index in [2.05, 4.69) is 5.32 Å². The van der Waals surface area contributed by atoms with Gasteiger partial charge < -0.3 is 10.2 Å². The van der Waals surface area contributed by atoms with Crippen LogP contribution in [0.1, 0.15) is 56.6 Å². The van der Waals surface area contributed by atoms with E-state index in [0.29, 0.717) is 22.0 Å². The fourth-order valence-corrected chi connectivity index (χ4v) is 4.50. The minimum Gasteiger partial charge on any atom is -0.352 e. The Kier molecular flexibility index (Phi) is 8.94.